The zero-order chi connectivity index (χ0) is 8.23. The summed E-state index contributed by atoms with van der Waals surface area (Å²) in [6, 6.07) is 0.620. The quantitative estimate of drug-likeness (QED) is 0.693. The van der Waals surface area contributed by atoms with E-state index < -0.39 is 0 Å². The monoisotopic (exact) mass is 203 g/mol. The Morgan fingerprint density at radius 2 is 2.08 bits per heavy atom. The first-order chi connectivity index (χ1) is 5.95. The Labute approximate surface area is 86.1 Å². The third-order valence-electron chi connectivity index (χ3n) is 2.62. The SMILES string of the molecule is C(=C\C1CCCO1)/C1CCCN1.Cl. The lowest BCUT2D eigenvalue weighted by molar-refractivity contribution is 0.145. The van der Waals surface area contributed by atoms with E-state index in [9.17, 15) is 0 Å². The predicted octanol–water partition coefficient (Wildman–Crippen LogP) is 1.90. The van der Waals surface area contributed by atoms with Crippen LogP contribution in [0.5, 0.6) is 0 Å². The minimum Gasteiger partial charge on any atom is -0.374 e. The molecule has 0 saturated carbocycles. The van der Waals surface area contributed by atoms with Crippen molar-refractivity contribution >= 4 is 12.4 Å². The average molecular weight is 204 g/mol. The summed E-state index contributed by atoms with van der Waals surface area (Å²) in [6.45, 7) is 2.13. The van der Waals surface area contributed by atoms with Crippen LogP contribution in [0.1, 0.15) is 25.7 Å². The van der Waals surface area contributed by atoms with Crippen LogP contribution in [-0.2, 0) is 4.74 Å². The Bertz CT molecular complexity index is 142. The van der Waals surface area contributed by atoms with E-state index in [1.807, 2.05) is 0 Å². The molecule has 2 rings (SSSR count). The van der Waals surface area contributed by atoms with Gasteiger partial charge in [0.25, 0.3) is 0 Å². The maximum absolute atomic E-state index is 5.50. The van der Waals surface area contributed by atoms with Crippen LogP contribution in [0.3, 0.4) is 0 Å². The minimum absolute atomic E-state index is 0. The second-order valence-electron chi connectivity index (χ2n) is 3.64. The second-order valence-corrected chi connectivity index (χ2v) is 3.64. The maximum Gasteiger partial charge on any atom is 0.0757 e. The van der Waals surface area contributed by atoms with Crippen LogP contribution in [0.4, 0.5) is 0 Å². The van der Waals surface area contributed by atoms with Crippen molar-refractivity contribution in [2.45, 2.75) is 37.8 Å². The largest absolute Gasteiger partial charge is 0.374 e. The lowest BCUT2D eigenvalue weighted by Crippen LogP contribution is -2.18. The van der Waals surface area contributed by atoms with E-state index >= 15 is 0 Å². The number of nitrogens with one attached hydrogen (secondary N) is 1. The molecule has 2 fully saturated rings. The van der Waals surface area contributed by atoms with Gasteiger partial charge in [0.15, 0.2) is 0 Å². The average Bonchev–Trinajstić information content (AvgIpc) is 2.74. The first kappa shape index (κ1) is 11.0. The molecule has 0 bridgehead atoms. The van der Waals surface area contributed by atoms with Gasteiger partial charge in [-0.05, 0) is 32.2 Å². The summed E-state index contributed by atoms with van der Waals surface area (Å²) >= 11 is 0. The van der Waals surface area contributed by atoms with Crippen LogP contribution >= 0.6 is 12.4 Å². The summed E-state index contributed by atoms with van der Waals surface area (Å²) in [4.78, 5) is 0. The molecule has 2 nitrogen and oxygen atoms in total. The Morgan fingerprint density at radius 1 is 1.15 bits per heavy atom. The Morgan fingerprint density at radius 3 is 2.69 bits per heavy atom. The maximum atomic E-state index is 5.50. The van der Waals surface area contributed by atoms with Gasteiger partial charge in [0.1, 0.15) is 0 Å². The Balaban J connectivity index is 0.000000845. The fraction of sp³-hybridized carbons (Fsp3) is 0.800. The van der Waals surface area contributed by atoms with E-state index in [2.05, 4.69) is 17.5 Å². The zero-order valence-corrected chi connectivity index (χ0v) is 8.69. The summed E-state index contributed by atoms with van der Waals surface area (Å²) < 4.78 is 5.50. The molecule has 76 valence electrons. The topological polar surface area (TPSA) is 21.3 Å². The normalized spacial score (nSPS) is 33.8. The van der Waals surface area contributed by atoms with Gasteiger partial charge in [-0.15, -0.1) is 12.4 Å². The molecular weight excluding hydrogens is 186 g/mol. The molecule has 2 heterocycles. The highest BCUT2D eigenvalue weighted by Gasteiger charge is 2.14. The predicted molar refractivity (Wildman–Crippen MR) is 56.4 cm³/mol. The van der Waals surface area contributed by atoms with Gasteiger partial charge in [0.2, 0.25) is 0 Å². The molecule has 0 aromatic rings. The summed E-state index contributed by atoms with van der Waals surface area (Å²) in [5.74, 6) is 0. The van der Waals surface area contributed by atoms with Crippen molar-refractivity contribution in [1.82, 2.24) is 5.32 Å². The summed E-state index contributed by atoms with van der Waals surface area (Å²) in [5.41, 5.74) is 0. The highest BCUT2D eigenvalue weighted by Crippen LogP contribution is 2.14. The van der Waals surface area contributed by atoms with Crippen molar-refractivity contribution in [3.8, 4) is 0 Å². The first-order valence-electron chi connectivity index (χ1n) is 4.98. The molecule has 2 aliphatic heterocycles. The van der Waals surface area contributed by atoms with E-state index in [-0.39, 0.29) is 12.4 Å². The van der Waals surface area contributed by atoms with Crippen LogP contribution < -0.4 is 5.32 Å². The van der Waals surface area contributed by atoms with Gasteiger partial charge in [0.05, 0.1) is 6.10 Å². The molecule has 2 saturated heterocycles. The van der Waals surface area contributed by atoms with Crippen molar-refractivity contribution in [2.24, 2.45) is 0 Å². The van der Waals surface area contributed by atoms with Gasteiger partial charge in [-0.2, -0.15) is 0 Å². The molecular formula is C10H18ClNO. The lowest BCUT2D eigenvalue weighted by atomic mass is 10.1. The van der Waals surface area contributed by atoms with Crippen LogP contribution in [0, 0.1) is 0 Å². The second kappa shape index (κ2) is 5.63. The van der Waals surface area contributed by atoms with E-state index in [1.54, 1.807) is 0 Å². The van der Waals surface area contributed by atoms with Crippen LogP contribution in [0.25, 0.3) is 0 Å². The molecule has 0 spiro atoms. The highest BCUT2D eigenvalue weighted by atomic mass is 35.5. The fourth-order valence-electron chi connectivity index (χ4n) is 1.89. The lowest BCUT2D eigenvalue weighted by Gasteiger charge is -2.05. The van der Waals surface area contributed by atoms with Crippen molar-refractivity contribution < 1.29 is 4.74 Å². The van der Waals surface area contributed by atoms with E-state index in [0.29, 0.717) is 12.1 Å². The Hall–Kier alpha value is -0.0500. The molecule has 0 radical (unpaired) electrons. The number of rotatable bonds is 2. The van der Waals surface area contributed by atoms with E-state index in [1.165, 1.54) is 32.2 Å². The van der Waals surface area contributed by atoms with Crippen molar-refractivity contribution in [3.63, 3.8) is 0 Å². The smallest absolute Gasteiger partial charge is 0.0757 e. The molecule has 1 N–H and O–H groups in total. The van der Waals surface area contributed by atoms with Gasteiger partial charge >= 0.3 is 0 Å². The molecule has 0 aliphatic carbocycles. The van der Waals surface area contributed by atoms with Gasteiger partial charge in [-0.1, -0.05) is 12.2 Å². The van der Waals surface area contributed by atoms with Crippen molar-refractivity contribution in [2.75, 3.05) is 13.2 Å². The van der Waals surface area contributed by atoms with Crippen LogP contribution in [-0.4, -0.2) is 25.3 Å². The Kier molecular flexibility index (Phi) is 4.78. The number of ether oxygens (including phenoxy) is 1. The fourth-order valence-corrected chi connectivity index (χ4v) is 1.89. The molecule has 0 aromatic heterocycles. The molecule has 13 heavy (non-hydrogen) atoms. The summed E-state index contributed by atoms with van der Waals surface area (Å²) in [7, 11) is 0. The molecule has 3 heteroatoms. The van der Waals surface area contributed by atoms with Crippen LogP contribution in [0.2, 0.25) is 0 Å². The van der Waals surface area contributed by atoms with Gasteiger partial charge in [0, 0.05) is 12.6 Å². The third kappa shape index (κ3) is 3.29. The van der Waals surface area contributed by atoms with Gasteiger partial charge < -0.3 is 10.1 Å². The molecule has 2 unspecified atom stereocenters. The standard InChI is InChI=1S/C10H17NO.ClH/c1-3-9(11-7-1)5-6-10-4-2-8-12-10;/h5-6,9-11H,1-4,7-8H2;1H/b6-5+;. The number of hydrogen-bond acceptors (Lipinski definition) is 2. The minimum atomic E-state index is 0. The molecule has 0 amide bonds. The molecule has 2 aliphatic rings. The summed E-state index contributed by atoms with van der Waals surface area (Å²) in [5, 5.41) is 3.44. The van der Waals surface area contributed by atoms with E-state index in [0.717, 1.165) is 6.61 Å². The zero-order valence-electron chi connectivity index (χ0n) is 7.87. The first-order valence-corrected chi connectivity index (χ1v) is 4.98. The molecule has 2 atom stereocenters. The molecule has 0 aromatic carbocycles. The highest BCUT2D eigenvalue weighted by molar-refractivity contribution is 5.85. The van der Waals surface area contributed by atoms with Crippen molar-refractivity contribution in [1.29, 1.82) is 0 Å². The van der Waals surface area contributed by atoms with Crippen molar-refractivity contribution in [3.05, 3.63) is 12.2 Å². The van der Waals surface area contributed by atoms with Gasteiger partial charge in [-0.25, -0.2) is 0 Å². The van der Waals surface area contributed by atoms with Crippen LogP contribution in [0.15, 0.2) is 12.2 Å². The van der Waals surface area contributed by atoms with Gasteiger partial charge in [-0.3, -0.25) is 0 Å². The number of hydrogen-bond donors (Lipinski definition) is 1. The summed E-state index contributed by atoms with van der Waals surface area (Å²) in [6.07, 6.45) is 9.98. The third-order valence-corrected chi connectivity index (χ3v) is 2.62. The number of halogens is 1. The van der Waals surface area contributed by atoms with E-state index in [4.69, 9.17) is 4.74 Å².